The molecule has 3 atom stereocenters. The standard InChI is InChI=1S/C14H29NO2/c1-11(2)15-14(4,9-16)10-17-13-8-6-5-7-12(13)3/h11-13,15-16H,5-10H2,1-4H3. The zero-order valence-electron chi connectivity index (χ0n) is 11.8. The van der Waals surface area contributed by atoms with Gasteiger partial charge in [0.25, 0.3) is 0 Å². The summed E-state index contributed by atoms with van der Waals surface area (Å²) >= 11 is 0. The molecule has 0 aromatic carbocycles. The van der Waals surface area contributed by atoms with Crippen LogP contribution in [-0.4, -0.2) is 36.0 Å². The van der Waals surface area contributed by atoms with Gasteiger partial charge in [-0.2, -0.15) is 0 Å². The lowest BCUT2D eigenvalue weighted by Crippen LogP contribution is -2.53. The molecule has 0 aliphatic heterocycles. The van der Waals surface area contributed by atoms with Crippen LogP contribution in [0.4, 0.5) is 0 Å². The molecule has 0 radical (unpaired) electrons. The van der Waals surface area contributed by atoms with E-state index in [2.05, 4.69) is 26.1 Å². The maximum absolute atomic E-state index is 9.49. The Labute approximate surface area is 106 Å². The molecule has 3 unspecified atom stereocenters. The highest BCUT2D eigenvalue weighted by molar-refractivity contribution is 4.85. The van der Waals surface area contributed by atoms with Gasteiger partial charge in [0.2, 0.25) is 0 Å². The molecule has 0 amide bonds. The Kier molecular flexibility index (Phi) is 5.90. The Hall–Kier alpha value is -0.120. The number of hydrogen-bond acceptors (Lipinski definition) is 3. The zero-order chi connectivity index (χ0) is 12.9. The van der Waals surface area contributed by atoms with E-state index >= 15 is 0 Å². The molecule has 102 valence electrons. The molecule has 0 aromatic rings. The van der Waals surface area contributed by atoms with E-state index in [0.29, 0.717) is 24.7 Å². The minimum atomic E-state index is -0.314. The molecular formula is C14H29NO2. The maximum Gasteiger partial charge on any atom is 0.0672 e. The summed E-state index contributed by atoms with van der Waals surface area (Å²) in [7, 11) is 0. The van der Waals surface area contributed by atoms with Gasteiger partial charge in [0, 0.05) is 6.04 Å². The molecule has 17 heavy (non-hydrogen) atoms. The Morgan fingerprint density at radius 2 is 2.00 bits per heavy atom. The first-order valence-electron chi connectivity index (χ1n) is 6.97. The van der Waals surface area contributed by atoms with Crippen LogP contribution in [0.15, 0.2) is 0 Å². The second kappa shape index (κ2) is 6.72. The number of hydrogen-bond donors (Lipinski definition) is 2. The van der Waals surface area contributed by atoms with Crippen molar-refractivity contribution in [2.75, 3.05) is 13.2 Å². The Morgan fingerprint density at radius 3 is 2.53 bits per heavy atom. The minimum Gasteiger partial charge on any atom is -0.394 e. The number of aliphatic hydroxyl groups is 1. The molecule has 3 heteroatoms. The van der Waals surface area contributed by atoms with Crippen LogP contribution in [0.5, 0.6) is 0 Å². The lowest BCUT2D eigenvalue weighted by Gasteiger charge is -2.35. The van der Waals surface area contributed by atoms with Crippen molar-refractivity contribution >= 4 is 0 Å². The minimum absolute atomic E-state index is 0.117. The van der Waals surface area contributed by atoms with Crippen LogP contribution >= 0.6 is 0 Å². The quantitative estimate of drug-likeness (QED) is 0.752. The molecule has 0 heterocycles. The van der Waals surface area contributed by atoms with Crippen molar-refractivity contribution in [1.29, 1.82) is 0 Å². The van der Waals surface area contributed by atoms with Crippen LogP contribution in [0.25, 0.3) is 0 Å². The SMILES string of the molecule is CC(C)NC(C)(CO)COC1CCCCC1C. The second-order valence-electron chi connectivity index (χ2n) is 6.13. The van der Waals surface area contributed by atoms with Crippen molar-refractivity contribution in [3.8, 4) is 0 Å². The summed E-state index contributed by atoms with van der Waals surface area (Å²) in [5.41, 5.74) is -0.314. The Morgan fingerprint density at radius 1 is 1.35 bits per heavy atom. The van der Waals surface area contributed by atoms with Gasteiger partial charge in [0.15, 0.2) is 0 Å². The molecule has 0 aromatic heterocycles. The van der Waals surface area contributed by atoms with E-state index in [0.717, 1.165) is 0 Å². The number of aliphatic hydroxyl groups excluding tert-OH is 1. The summed E-state index contributed by atoms with van der Waals surface area (Å²) in [4.78, 5) is 0. The topological polar surface area (TPSA) is 41.5 Å². The van der Waals surface area contributed by atoms with Gasteiger partial charge in [-0.15, -0.1) is 0 Å². The molecule has 1 aliphatic carbocycles. The predicted molar refractivity (Wildman–Crippen MR) is 71.1 cm³/mol. The lowest BCUT2D eigenvalue weighted by molar-refractivity contribution is -0.0438. The van der Waals surface area contributed by atoms with E-state index in [9.17, 15) is 5.11 Å². The van der Waals surface area contributed by atoms with Crippen LogP contribution in [-0.2, 0) is 4.74 Å². The Balaban J connectivity index is 2.40. The van der Waals surface area contributed by atoms with Crippen LogP contribution in [0, 0.1) is 5.92 Å². The summed E-state index contributed by atoms with van der Waals surface area (Å²) in [6, 6.07) is 0.361. The van der Waals surface area contributed by atoms with E-state index in [1.54, 1.807) is 0 Å². The van der Waals surface area contributed by atoms with Crippen LogP contribution in [0.2, 0.25) is 0 Å². The first-order valence-corrected chi connectivity index (χ1v) is 6.97. The van der Waals surface area contributed by atoms with Crippen LogP contribution < -0.4 is 5.32 Å². The molecular weight excluding hydrogens is 214 g/mol. The van der Waals surface area contributed by atoms with Gasteiger partial charge in [0.1, 0.15) is 0 Å². The Bertz CT molecular complexity index is 220. The largest absolute Gasteiger partial charge is 0.394 e. The average Bonchev–Trinajstić information content (AvgIpc) is 2.27. The monoisotopic (exact) mass is 243 g/mol. The van der Waals surface area contributed by atoms with Gasteiger partial charge in [0.05, 0.1) is 24.9 Å². The van der Waals surface area contributed by atoms with E-state index in [4.69, 9.17) is 4.74 Å². The summed E-state index contributed by atoms with van der Waals surface area (Å²) in [6.45, 7) is 9.20. The van der Waals surface area contributed by atoms with E-state index in [1.165, 1.54) is 25.7 Å². The van der Waals surface area contributed by atoms with Crippen molar-refractivity contribution in [1.82, 2.24) is 5.32 Å². The van der Waals surface area contributed by atoms with Gasteiger partial charge in [-0.25, -0.2) is 0 Å². The highest BCUT2D eigenvalue weighted by atomic mass is 16.5. The van der Waals surface area contributed by atoms with E-state index < -0.39 is 0 Å². The molecule has 1 saturated carbocycles. The molecule has 0 spiro atoms. The van der Waals surface area contributed by atoms with Crippen molar-refractivity contribution in [3.63, 3.8) is 0 Å². The molecule has 0 saturated heterocycles. The molecule has 0 bridgehead atoms. The smallest absolute Gasteiger partial charge is 0.0672 e. The van der Waals surface area contributed by atoms with Crippen molar-refractivity contribution < 1.29 is 9.84 Å². The van der Waals surface area contributed by atoms with E-state index in [1.807, 2.05) is 6.92 Å². The average molecular weight is 243 g/mol. The molecule has 1 aliphatic rings. The fraction of sp³-hybridized carbons (Fsp3) is 1.00. The van der Waals surface area contributed by atoms with Crippen molar-refractivity contribution in [2.24, 2.45) is 5.92 Å². The number of ether oxygens (including phenoxy) is 1. The third-order valence-corrected chi connectivity index (χ3v) is 3.63. The predicted octanol–water partition coefficient (Wildman–Crippen LogP) is 2.33. The third-order valence-electron chi connectivity index (χ3n) is 3.63. The first kappa shape index (κ1) is 14.9. The van der Waals surface area contributed by atoms with Crippen molar-refractivity contribution in [3.05, 3.63) is 0 Å². The summed E-state index contributed by atoms with van der Waals surface area (Å²) in [6.07, 6.45) is 5.44. The normalized spacial score (nSPS) is 29.3. The van der Waals surface area contributed by atoms with E-state index in [-0.39, 0.29) is 12.1 Å². The van der Waals surface area contributed by atoms with Gasteiger partial charge in [-0.05, 0) is 25.7 Å². The highest BCUT2D eigenvalue weighted by Crippen LogP contribution is 2.27. The first-order chi connectivity index (χ1) is 7.97. The van der Waals surface area contributed by atoms with Gasteiger partial charge in [-0.3, -0.25) is 0 Å². The maximum atomic E-state index is 9.49. The van der Waals surface area contributed by atoms with Crippen LogP contribution in [0.3, 0.4) is 0 Å². The molecule has 1 fully saturated rings. The fourth-order valence-corrected chi connectivity index (χ4v) is 2.65. The van der Waals surface area contributed by atoms with Gasteiger partial charge >= 0.3 is 0 Å². The van der Waals surface area contributed by atoms with Gasteiger partial charge in [-0.1, -0.05) is 33.6 Å². The molecule has 1 rings (SSSR count). The fourth-order valence-electron chi connectivity index (χ4n) is 2.65. The highest BCUT2D eigenvalue weighted by Gasteiger charge is 2.28. The second-order valence-corrected chi connectivity index (χ2v) is 6.13. The lowest BCUT2D eigenvalue weighted by atomic mass is 9.88. The van der Waals surface area contributed by atoms with Crippen LogP contribution in [0.1, 0.15) is 53.4 Å². The summed E-state index contributed by atoms with van der Waals surface area (Å²) in [5.74, 6) is 0.658. The number of nitrogens with one attached hydrogen (secondary N) is 1. The van der Waals surface area contributed by atoms with Crippen molar-refractivity contribution in [2.45, 2.75) is 71.1 Å². The van der Waals surface area contributed by atoms with Gasteiger partial charge < -0.3 is 15.2 Å². The number of rotatable bonds is 6. The summed E-state index contributed by atoms with van der Waals surface area (Å²) in [5, 5.41) is 12.9. The molecule has 3 nitrogen and oxygen atoms in total. The molecule has 2 N–H and O–H groups in total. The zero-order valence-corrected chi connectivity index (χ0v) is 11.8. The summed E-state index contributed by atoms with van der Waals surface area (Å²) < 4.78 is 6.03. The third kappa shape index (κ3) is 4.94.